The molecule has 2 aliphatic carbocycles. The molecule has 2 fully saturated rings. The van der Waals surface area contributed by atoms with Gasteiger partial charge in [0.15, 0.2) is 0 Å². The van der Waals surface area contributed by atoms with E-state index < -0.39 is 11.7 Å². The van der Waals surface area contributed by atoms with E-state index in [-0.39, 0.29) is 0 Å². The zero-order valence-electron chi connectivity index (χ0n) is 14.4. The second-order valence-corrected chi connectivity index (χ2v) is 7.77. The molecule has 3 atom stereocenters. The van der Waals surface area contributed by atoms with E-state index in [1.54, 1.807) is 12.1 Å². The van der Waals surface area contributed by atoms with Gasteiger partial charge in [-0.05, 0) is 42.2 Å². The van der Waals surface area contributed by atoms with Gasteiger partial charge in [0.05, 0.1) is 5.56 Å². The van der Waals surface area contributed by atoms with Crippen molar-refractivity contribution in [1.29, 1.82) is 0 Å². The fourth-order valence-electron chi connectivity index (χ4n) is 4.74. The van der Waals surface area contributed by atoms with E-state index in [4.69, 9.17) is 0 Å². The maximum absolute atomic E-state index is 13.1. The van der Waals surface area contributed by atoms with Gasteiger partial charge in [-0.2, -0.15) is 13.2 Å². The van der Waals surface area contributed by atoms with Crippen molar-refractivity contribution in [2.75, 3.05) is 32.7 Å². The van der Waals surface area contributed by atoms with Crippen molar-refractivity contribution in [3.8, 4) is 0 Å². The quantitative estimate of drug-likeness (QED) is 0.757. The zero-order valence-corrected chi connectivity index (χ0v) is 14.4. The van der Waals surface area contributed by atoms with E-state index in [9.17, 15) is 13.2 Å². The third-order valence-electron chi connectivity index (χ3n) is 6.09. The lowest BCUT2D eigenvalue weighted by molar-refractivity contribution is -0.138. The van der Waals surface area contributed by atoms with Crippen molar-refractivity contribution in [2.24, 2.45) is 17.8 Å². The van der Waals surface area contributed by atoms with E-state index >= 15 is 0 Å². The third-order valence-corrected chi connectivity index (χ3v) is 6.09. The average molecular weight is 350 g/mol. The van der Waals surface area contributed by atoms with Crippen LogP contribution in [0.15, 0.2) is 36.4 Å². The summed E-state index contributed by atoms with van der Waals surface area (Å²) in [6, 6.07) is 5.96. The van der Waals surface area contributed by atoms with Crippen molar-refractivity contribution in [2.45, 2.75) is 25.6 Å². The number of hydrogen-bond acceptors (Lipinski definition) is 2. The molecule has 1 saturated heterocycles. The molecule has 2 nitrogen and oxygen atoms in total. The second-order valence-electron chi connectivity index (χ2n) is 7.77. The highest BCUT2D eigenvalue weighted by Gasteiger charge is 2.37. The second kappa shape index (κ2) is 6.76. The molecular formula is C20H25F3N2. The fourth-order valence-corrected chi connectivity index (χ4v) is 4.74. The van der Waals surface area contributed by atoms with Gasteiger partial charge in [0, 0.05) is 39.3 Å². The molecule has 0 N–H and O–H groups in total. The molecule has 1 heterocycles. The summed E-state index contributed by atoms with van der Waals surface area (Å²) >= 11 is 0. The van der Waals surface area contributed by atoms with Crippen molar-refractivity contribution in [3.63, 3.8) is 0 Å². The van der Waals surface area contributed by atoms with Crippen LogP contribution in [0.3, 0.4) is 0 Å². The van der Waals surface area contributed by atoms with Gasteiger partial charge in [-0.25, -0.2) is 0 Å². The number of rotatable bonds is 4. The highest BCUT2D eigenvalue weighted by atomic mass is 19.4. The predicted octanol–water partition coefficient (Wildman–Crippen LogP) is 4.04. The third kappa shape index (κ3) is 3.77. The van der Waals surface area contributed by atoms with E-state index in [0.29, 0.717) is 12.1 Å². The molecule has 0 radical (unpaired) electrons. The lowest BCUT2D eigenvalue weighted by Crippen LogP contribution is -2.47. The normalized spacial score (nSPS) is 30.3. The van der Waals surface area contributed by atoms with Crippen LogP contribution >= 0.6 is 0 Å². The molecular weight excluding hydrogens is 325 g/mol. The van der Waals surface area contributed by atoms with Gasteiger partial charge in [-0.15, -0.1) is 0 Å². The largest absolute Gasteiger partial charge is 0.416 e. The summed E-state index contributed by atoms with van der Waals surface area (Å²) in [5.74, 6) is 2.35. The Morgan fingerprint density at radius 1 is 0.920 bits per heavy atom. The first kappa shape index (κ1) is 17.1. The van der Waals surface area contributed by atoms with E-state index in [0.717, 1.165) is 50.5 Å². The molecule has 1 saturated carbocycles. The molecule has 0 aromatic heterocycles. The van der Waals surface area contributed by atoms with Crippen LogP contribution in [-0.4, -0.2) is 42.5 Å². The summed E-state index contributed by atoms with van der Waals surface area (Å²) in [7, 11) is 0. The Hall–Kier alpha value is -1.33. The van der Waals surface area contributed by atoms with Crippen LogP contribution in [-0.2, 0) is 12.7 Å². The first-order valence-corrected chi connectivity index (χ1v) is 9.27. The van der Waals surface area contributed by atoms with Gasteiger partial charge >= 0.3 is 6.18 Å². The van der Waals surface area contributed by atoms with Gasteiger partial charge < -0.3 is 4.90 Å². The van der Waals surface area contributed by atoms with Crippen LogP contribution in [0.25, 0.3) is 0 Å². The van der Waals surface area contributed by atoms with Gasteiger partial charge in [0.2, 0.25) is 0 Å². The summed E-state index contributed by atoms with van der Waals surface area (Å²) in [4.78, 5) is 4.66. The van der Waals surface area contributed by atoms with E-state index in [1.807, 2.05) is 0 Å². The Bertz CT molecular complexity index is 632. The van der Waals surface area contributed by atoms with Crippen molar-refractivity contribution in [1.82, 2.24) is 9.80 Å². The minimum atomic E-state index is -4.27. The molecule has 25 heavy (non-hydrogen) atoms. The summed E-state index contributed by atoms with van der Waals surface area (Å²) in [5.41, 5.74) is -0.104. The van der Waals surface area contributed by atoms with E-state index in [2.05, 4.69) is 22.0 Å². The molecule has 2 bridgehead atoms. The molecule has 5 heteroatoms. The Balaban J connectivity index is 1.30. The Morgan fingerprint density at radius 2 is 1.64 bits per heavy atom. The van der Waals surface area contributed by atoms with Crippen LogP contribution in [0, 0.1) is 17.8 Å². The predicted molar refractivity (Wildman–Crippen MR) is 92.0 cm³/mol. The highest BCUT2D eigenvalue weighted by Crippen LogP contribution is 2.43. The molecule has 1 aromatic rings. The monoisotopic (exact) mass is 350 g/mol. The van der Waals surface area contributed by atoms with Gasteiger partial charge in [-0.3, -0.25) is 4.90 Å². The average Bonchev–Trinajstić information content (AvgIpc) is 3.19. The standard InChI is InChI=1S/C20H25F3N2/c21-20(22,23)19-4-2-1-3-17(19)13-24-7-9-25(10-8-24)14-18-12-15-5-6-16(18)11-15/h1-6,15-16,18H,7-14H2/t15-,16+,18-/m0/s1. The molecule has 0 unspecified atom stereocenters. The molecule has 136 valence electrons. The summed E-state index contributed by atoms with van der Waals surface area (Å²) in [5, 5.41) is 0. The van der Waals surface area contributed by atoms with Crippen molar-refractivity contribution < 1.29 is 13.2 Å². The zero-order chi connectivity index (χ0) is 17.4. The number of nitrogens with zero attached hydrogens (tertiary/aromatic N) is 2. The number of alkyl halides is 3. The SMILES string of the molecule is FC(F)(F)c1ccccc1CN1CCN(C[C@@H]2C[C@H]3C=C[C@@H]2C3)CC1. The number of hydrogen-bond donors (Lipinski definition) is 0. The molecule has 0 spiro atoms. The fraction of sp³-hybridized carbons (Fsp3) is 0.600. The van der Waals surface area contributed by atoms with Crippen molar-refractivity contribution in [3.05, 3.63) is 47.5 Å². The molecule has 1 aliphatic heterocycles. The van der Waals surface area contributed by atoms with Crippen LogP contribution in [0.5, 0.6) is 0 Å². The van der Waals surface area contributed by atoms with E-state index in [1.165, 1.54) is 25.0 Å². The maximum Gasteiger partial charge on any atom is 0.416 e. The first-order chi connectivity index (χ1) is 12.0. The number of piperazine rings is 1. The van der Waals surface area contributed by atoms with Gasteiger partial charge in [-0.1, -0.05) is 30.4 Å². The highest BCUT2D eigenvalue weighted by molar-refractivity contribution is 5.29. The number of benzene rings is 1. The Morgan fingerprint density at radius 3 is 2.28 bits per heavy atom. The topological polar surface area (TPSA) is 6.48 Å². The van der Waals surface area contributed by atoms with Gasteiger partial charge in [0.1, 0.15) is 0 Å². The van der Waals surface area contributed by atoms with Crippen LogP contribution < -0.4 is 0 Å². The Kier molecular flexibility index (Phi) is 4.63. The first-order valence-electron chi connectivity index (χ1n) is 9.27. The van der Waals surface area contributed by atoms with Crippen LogP contribution in [0.2, 0.25) is 0 Å². The maximum atomic E-state index is 13.1. The van der Waals surface area contributed by atoms with Crippen LogP contribution in [0.4, 0.5) is 13.2 Å². The minimum Gasteiger partial charge on any atom is -0.300 e. The molecule has 0 amide bonds. The number of fused-ring (bicyclic) bond motifs is 2. The van der Waals surface area contributed by atoms with Gasteiger partial charge in [0.25, 0.3) is 0 Å². The lowest BCUT2D eigenvalue weighted by Gasteiger charge is -2.37. The summed E-state index contributed by atoms with van der Waals surface area (Å²) in [6.07, 6.45) is 3.15. The number of halogens is 3. The molecule has 1 aromatic carbocycles. The molecule has 4 rings (SSSR count). The van der Waals surface area contributed by atoms with Crippen molar-refractivity contribution >= 4 is 0 Å². The summed E-state index contributed by atoms with van der Waals surface area (Å²) < 4.78 is 39.4. The van der Waals surface area contributed by atoms with Crippen LogP contribution in [0.1, 0.15) is 24.0 Å². The lowest BCUT2D eigenvalue weighted by atomic mass is 9.93. The molecule has 3 aliphatic rings. The number of allylic oxidation sites excluding steroid dienone is 2. The Labute approximate surface area is 147 Å². The smallest absolute Gasteiger partial charge is 0.300 e. The minimum absolute atomic E-state index is 0.389. The summed E-state index contributed by atoms with van der Waals surface area (Å²) in [6.45, 7) is 5.17.